The summed E-state index contributed by atoms with van der Waals surface area (Å²) in [5, 5.41) is 4.65. The number of nitrogen functional groups attached to an aromatic ring is 1. The van der Waals surface area contributed by atoms with Gasteiger partial charge in [0, 0.05) is 21.5 Å². The first kappa shape index (κ1) is 19.7. The van der Waals surface area contributed by atoms with Gasteiger partial charge in [0.1, 0.15) is 16.4 Å². The van der Waals surface area contributed by atoms with Crippen molar-refractivity contribution in [3.8, 4) is 21.9 Å². The van der Waals surface area contributed by atoms with Crippen LogP contribution in [0.4, 0.5) is 5.69 Å². The van der Waals surface area contributed by atoms with Gasteiger partial charge in [-0.05, 0) is 35.9 Å². The van der Waals surface area contributed by atoms with E-state index < -0.39 is 0 Å². The molecule has 144 valence electrons. The Kier molecular flexibility index (Phi) is 6.18. The van der Waals surface area contributed by atoms with Crippen LogP contribution in [0.25, 0.3) is 10.4 Å². The number of halogens is 1. The molecule has 2 aromatic carbocycles. The number of nitrogens with zero attached hydrogens (tertiary/aromatic N) is 1. The van der Waals surface area contributed by atoms with E-state index >= 15 is 0 Å². The van der Waals surface area contributed by atoms with Crippen molar-refractivity contribution in [2.75, 3.05) is 20.0 Å². The third kappa shape index (κ3) is 4.44. The lowest BCUT2D eigenvalue weighted by atomic mass is 10.2. The number of anilines is 1. The highest BCUT2D eigenvalue weighted by Crippen LogP contribution is 2.33. The molecule has 28 heavy (non-hydrogen) atoms. The van der Waals surface area contributed by atoms with Crippen LogP contribution in [0.5, 0.6) is 11.5 Å². The molecule has 8 heteroatoms. The molecule has 0 atom stereocenters. The van der Waals surface area contributed by atoms with Crippen LogP contribution < -0.4 is 20.6 Å². The van der Waals surface area contributed by atoms with Crippen molar-refractivity contribution < 1.29 is 14.3 Å². The van der Waals surface area contributed by atoms with Gasteiger partial charge in [-0.2, -0.15) is 5.10 Å². The first-order valence-corrected chi connectivity index (χ1v) is 9.42. The molecule has 1 amide bonds. The van der Waals surface area contributed by atoms with Crippen LogP contribution in [-0.4, -0.2) is 26.3 Å². The molecule has 1 heterocycles. The summed E-state index contributed by atoms with van der Waals surface area (Å²) in [6, 6.07) is 14.4. The van der Waals surface area contributed by atoms with Gasteiger partial charge in [-0.15, -0.1) is 11.3 Å². The molecule has 0 aliphatic heterocycles. The number of hydrogen-bond acceptors (Lipinski definition) is 6. The molecule has 3 aromatic rings. The number of benzene rings is 2. The average molecular weight is 416 g/mol. The molecule has 0 bridgehead atoms. The lowest BCUT2D eigenvalue weighted by molar-refractivity contribution is 0.0960. The van der Waals surface area contributed by atoms with Gasteiger partial charge in [0.05, 0.1) is 26.1 Å². The Labute approximate surface area is 171 Å². The van der Waals surface area contributed by atoms with Crippen molar-refractivity contribution in [3.05, 3.63) is 64.0 Å². The monoisotopic (exact) mass is 415 g/mol. The SMILES string of the molecule is COc1ccc(/C=N\NC(=O)c2sc(-c3ccc(Cl)cc3)cc2N)c(OC)c1. The van der Waals surface area contributed by atoms with Crippen LogP contribution in [0.3, 0.4) is 0 Å². The molecule has 0 radical (unpaired) electrons. The van der Waals surface area contributed by atoms with Crippen molar-refractivity contribution in [2.45, 2.75) is 0 Å². The minimum Gasteiger partial charge on any atom is -0.497 e. The second-order valence-electron chi connectivity index (χ2n) is 5.71. The number of amides is 1. The predicted octanol–water partition coefficient (Wildman–Crippen LogP) is 4.43. The van der Waals surface area contributed by atoms with Crippen LogP contribution in [0, 0.1) is 0 Å². The summed E-state index contributed by atoms with van der Waals surface area (Å²) in [5.41, 5.74) is 10.5. The van der Waals surface area contributed by atoms with Crippen LogP contribution in [0.1, 0.15) is 15.2 Å². The number of thiophene rings is 1. The summed E-state index contributed by atoms with van der Waals surface area (Å²) < 4.78 is 10.5. The zero-order valence-corrected chi connectivity index (χ0v) is 16.8. The van der Waals surface area contributed by atoms with E-state index in [1.807, 2.05) is 12.1 Å². The van der Waals surface area contributed by atoms with E-state index in [0.29, 0.717) is 32.6 Å². The maximum atomic E-state index is 12.4. The molecule has 0 aliphatic rings. The second-order valence-corrected chi connectivity index (χ2v) is 7.20. The highest BCUT2D eigenvalue weighted by molar-refractivity contribution is 7.18. The Morgan fingerprint density at radius 3 is 2.57 bits per heavy atom. The fraction of sp³-hybridized carbons (Fsp3) is 0.100. The Morgan fingerprint density at radius 2 is 1.89 bits per heavy atom. The van der Waals surface area contributed by atoms with Gasteiger partial charge in [-0.3, -0.25) is 4.79 Å². The third-order valence-electron chi connectivity index (χ3n) is 3.91. The van der Waals surface area contributed by atoms with Crippen molar-refractivity contribution in [3.63, 3.8) is 0 Å². The maximum Gasteiger partial charge on any atom is 0.283 e. The lowest BCUT2D eigenvalue weighted by Gasteiger charge is -2.06. The molecule has 3 N–H and O–H groups in total. The standard InChI is InChI=1S/C20H18ClN3O3S/c1-26-15-8-5-13(17(9-15)27-2)11-23-24-20(25)19-16(22)10-18(28-19)12-3-6-14(21)7-4-12/h3-11H,22H2,1-2H3,(H,24,25)/b23-11-. The number of nitrogens with two attached hydrogens (primary N) is 1. The van der Waals surface area contributed by atoms with E-state index in [2.05, 4.69) is 10.5 Å². The van der Waals surface area contributed by atoms with E-state index in [0.717, 1.165) is 10.4 Å². The number of ether oxygens (including phenoxy) is 2. The summed E-state index contributed by atoms with van der Waals surface area (Å²) in [6.45, 7) is 0. The van der Waals surface area contributed by atoms with Crippen LogP contribution in [-0.2, 0) is 0 Å². The number of methoxy groups -OCH3 is 2. The van der Waals surface area contributed by atoms with Crippen LogP contribution >= 0.6 is 22.9 Å². The van der Waals surface area contributed by atoms with Gasteiger partial charge >= 0.3 is 0 Å². The van der Waals surface area contributed by atoms with E-state index in [9.17, 15) is 4.79 Å². The minimum atomic E-state index is -0.383. The molecular formula is C20H18ClN3O3S. The Hall–Kier alpha value is -3.03. The number of carbonyl (C=O) groups excluding carboxylic acids is 1. The average Bonchev–Trinajstić information content (AvgIpc) is 3.10. The molecule has 0 saturated heterocycles. The zero-order valence-electron chi connectivity index (χ0n) is 15.2. The second kappa shape index (κ2) is 8.77. The van der Waals surface area contributed by atoms with Gasteiger partial charge < -0.3 is 15.2 Å². The first-order chi connectivity index (χ1) is 13.5. The Bertz CT molecular complexity index is 1020. The normalized spacial score (nSPS) is 10.8. The molecule has 0 fully saturated rings. The highest BCUT2D eigenvalue weighted by atomic mass is 35.5. The van der Waals surface area contributed by atoms with Crippen molar-refractivity contribution >= 4 is 40.7 Å². The molecule has 3 rings (SSSR count). The van der Waals surface area contributed by atoms with Crippen molar-refractivity contribution in [1.82, 2.24) is 5.43 Å². The largest absolute Gasteiger partial charge is 0.497 e. The van der Waals surface area contributed by atoms with Gasteiger partial charge in [0.15, 0.2) is 0 Å². The molecule has 0 spiro atoms. The molecule has 1 aromatic heterocycles. The summed E-state index contributed by atoms with van der Waals surface area (Å²) in [6.07, 6.45) is 1.50. The third-order valence-corrected chi connectivity index (χ3v) is 5.36. The van der Waals surface area contributed by atoms with E-state index in [-0.39, 0.29) is 5.91 Å². The number of carbonyl (C=O) groups is 1. The molecule has 0 aliphatic carbocycles. The molecule has 0 unspecified atom stereocenters. The van der Waals surface area contributed by atoms with Gasteiger partial charge in [0.25, 0.3) is 5.91 Å². The smallest absolute Gasteiger partial charge is 0.283 e. The quantitative estimate of drug-likeness (QED) is 0.460. The summed E-state index contributed by atoms with van der Waals surface area (Å²) >= 11 is 7.21. The Morgan fingerprint density at radius 1 is 1.14 bits per heavy atom. The first-order valence-electron chi connectivity index (χ1n) is 8.22. The van der Waals surface area contributed by atoms with Crippen LogP contribution in [0.15, 0.2) is 53.6 Å². The topological polar surface area (TPSA) is 85.9 Å². The summed E-state index contributed by atoms with van der Waals surface area (Å²) in [4.78, 5) is 13.7. The molecular weight excluding hydrogens is 398 g/mol. The van der Waals surface area contributed by atoms with E-state index in [1.165, 1.54) is 17.6 Å². The number of nitrogens with one attached hydrogen (secondary N) is 1. The number of rotatable bonds is 6. The predicted molar refractivity (Wildman–Crippen MR) is 114 cm³/mol. The van der Waals surface area contributed by atoms with Crippen molar-refractivity contribution in [1.29, 1.82) is 0 Å². The van der Waals surface area contributed by atoms with Gasteiger partial charge in [0.2, 0.25) is 0 Å². The Balaban J connectivity index is 1.73. The fourth-order valence-electron chi connectivity index (χ4n) is 2.48. The molecule has 6 nitrogen and oxygen atoms in total. The fourth-order valence-corrected chi connectivity index (χ4v) is 3.58. The van der Waals surface area contributed by atoms with Gasteiger partial charge in [-0.25, -0.2) is 5.43 Å². The zero-order chi connectivity index (χ0) is 20.1. The number of hydrogen-bond donors (Lipinski definition) is 2. The number of hydrazone groups is 1. The lowest BCUT2D eigenvalue weighted by Crippen LogP contribution is -2.17. The summed E-state index contributed by atoms with van der Waals surface area (Å²) in [7, 11) is 3.13. The van der Waals surface area contributed by atoms with Crippen molar-refractivity contribution in [2.24, 2.45) is 5.10 Å². The summed E-state index contributed by atoms with van der Waals surface area (Å²) in [5.74, 6) is 0.864. The van der Waals surface area contributed by atoms with Gasteiger partial charge in [-0.1, -0.05) is 23.7 Å². The minimum absolute atomic E-state index is 0.383. The van der Waals surface area contributed by atoms with E-state index in [4.69, 9.17) is 26.8 Å². The maximum absolute atomic E-state index is 12.4. The van der Waals surface area contributed by atoms with Crippen LogP contribution in [0.2, 0.25) is 5.02 Å². The molecule has 0 saturated carbocycles. The highest BCUT2D eigenvalue weighted by Gasteiger charge is 2.15. The van der Waals surface area contributed by atoms with E-state index in [1.54, 1.807) is 50.6 Å².